The third-order valence-corrected chi connectivity index (χ3v) is 1.86. The van der Waals surface area contributed by atoms with E-state index in [1.54, 1.807) is 18.6 Å². The minimum Gasteiger partial charge on any atom is -0.324 e. The van der Waals surface area contributed by atoms with Gasteiger partial charge in [-0.15, -0.1) is 0 Å². The number of pyridine rings is 1. The first-order valence-electron chi connectivity index (χ1n) is 4.32. The minimum absolute atomic E-state index is 0.360. The highest BCUT2D eigenvalue weighted by Gasteiger charge is 1.99. The van der Waals surface area contributed by atoms with E-state index in [0.29, 0.717) is 12.4 Å². The largest absolute Gasteiger partial charge is 0.324 e. The molecule has 0 radical (unpaired) electrons. The van der Waals surface area contributed by atoms with Gasteiger partial charge in [-0.1, -0.05) is 0 Å². The van der Waals surface area contributed by atoms with Gasteiger partial charge in [0.1, 0.15) is 5.82 Å². The van der Waals surface area contributed by atoms with Crippen LogP contribution in [0, 0.1) is 0 Å². The fourth-order valence-corrected chi connectivity index (χ4v) is 1.18. The topological polar surface area (TPSA) is 64.7 Å². The van der Waals surface area contributed by atoms with E-state index in [9.17, 15) is 0 Å². The number of nitrogens with zero attached hydrogens (tertiary/aromatic N) is 3. The first-order valence-corrected chi connectivity index (χ1v) is 4.32. The van der Waals surface area contributed by atoms with Crippen LogP contribution >= 0.6 is 0 Å². The Morgan fingerprint density at radius 1 is 1.07 bits per heavy atom. The summed E-state index contributed by atoms with van der Waals surface area (Å²) in [7, 11) is 0. The molecule has 0 atom stereocenters. The second-order valence-electron chi connectivity index (χ2n) is 2.80. The quantitative estimate of drug-likeness (QED) is 0.759. The molecule has 0 aliphatic rings. The Labute approximate surface area is 81.9 Å². The molecule has 0 saturated carbocycles. The Morgan fingerprint density at radius 2 is 1.86 bits per heavy atom. The van der Waals surface area contributed by atoms with Crippen LogP contribution in [0.4, 0.5) is 0 Å². The molecule has 70 valence electrons. The van der Waals surface area contributed by atoms with Crippen molar-refractivity contribution in [2.75, 3.05) is 0 Å². The number of aromatic nitrogens is 3. The van der Waals surface area contributed by atoms with E-state index < -0.39 is 0 Å². The molecule has 2 heterocycles. The lowest BCUT2D eigenvalue weighted by Crippen LogP contribution is -2.02. The van der Waals surface area contributed by atoms with Crippen molar-refractivity contribution in [2.24, 2.45) is 5.73 Å². The molecular formula is C10H10N4. The van der Waals surface area contributed by atoms with Gasteiger partial charge in [0.15, 0.2) is 0 Å². The molecule has 0 aromatic carbocycles. The molecule has 2 aromatic rings. The molecular weight excluding hydrogens is 176 g/mol. The van der Waals surface area contributed by atoms with Crippen molar-refractivity contribution in [3.63, 3.8) is 0 Å². The van der Waals surface area contributed by atoms with E-state index in [1.807, 2.05) is 18.2 Å². The number of rotatable bonds is 2. The van der Waals surface area contributed by atoms with Crippen molar-refractivity contribution in [1.29, 1.82) is 0 Å². The van der Waals surface area contributed by atoms with Crippen LogP contribution in [0.5, 0.6) is 0 Å². The van der Waals surface area contributed by atoms with Crippen LogP contribution in [0.3, 0.4) is 0 Å². The Bertz CT molecular complexity index is 413. The molecule has 14 heavy (non-hydrogen) atoms. The first-order chi connectivity index (χ1) is 6.90. The van der Waals surface area contributed by atoms with E-state index in [4.69, 9.17) is 5.73 Å². The van der Waals surface area contributed by atoms with Crippen molar-refractivity contribution in [3.8, 4) is 11.3 Å². The predicted octanol–water partition coefficient (Wildman–Crippen LogP) is 0.997. The fraction of sp³-hybridized carbons (Fsp3) is 0.100. The Morgan fingerprint density at radius 3 is 2.57 bits per heavy atom. The molecule has 2 N–H and O–H groups in total. The summed E-state index contributed by atoms with van der Waals surface area (Å²) in [5.74, 6) is 0.652. The number of hydrogen-bond donors (Lipinski definition) is 1. The lowest BCUT2D eigenvalue weighted by atomic mass is 10.2. The average molecular weight is 186 g/mol. The highest BCUT2D eigenvalue weighted by molar-refractivity contribution is 5.57. The van der Waals surface area contributed by atoms with Crippen LogP contribution in [0.1, 0.15) is 5.82 Å². The van der Waals surface area contributed by atoms with E-state index in [1.165, 1.54) is 0 Å². The lowest BCUT2D eigenvalue weighted by molar-refractivity contribution is 0.912. The molecule has 4 nitrogen and oxygen atoms in total. The molecule has 0 bridgehead atoms. The van der Waals surface area contributed by atoms with E-state index in [2.05, 4.69) is 15.0 Å². The maximum atomic E-state index is 5.46. The molecule has 0 spiro atoms. The SMILES string of the molecule is NCc1nccc(-c2ccncc2)n1. The monoisotopic (exact) mass is 186 g/mol. The molecule has 2 rings (SSSR count). The summed E-state index contributed by atoms with van der Waals surface area (Å²) in [5, 5.41) is 0. The normalized spacial score (nSPS) is 10.1. The second-order valence-corrected chi connectivity index (χ2v) is 2.80. The fourth-order valence-electron chi connectivity index (χ4n) is 1.18. The van der Waals surface area contributed by atoms with Crippen LogP contribution in [-0.2, 0) is 6.54 Å². The van der Waals surface area contributed by atoms with Crippen LogP contribution in [0.25, 0.3) is 11.3 Å². The van der Waals surface area contributed by atoms with Crippen molar-refractivity contribution in [1.82, 2.24) is 15.0 Å². The summed E-state index contributed by atoms with van der Waals surface area (Å²) in [6.45, 7) is 0.360. The van der Waals surface area contributed by atoms with Gasteiger partial charge in [-0.2, -0.15) is 0 Å². The van der Waals surface area contributed by atoms with Crippen molar-refractivity contribution < 1.29 is 0 Å². The summed E-state index contributed by atoms with van der Waals surface area (Å²) in [6, 6.07) is 5.67. The maximum absolute atomic E-state index is 5.46. The maximum Gasteiger partial charge on any atom is 0.142 e. The third-order valence-electron chi connectivity index (χ3n) is 1.86. The zero-order chi connectivity index (χ0) is 9.80. The van der Waals surface area contributed by atoms with Gasteiger partial charge < -0.3 is 5.73 Å². The van der Waals surface area contributed by atoms with Gasteiger partial charge in [-0.05, 0) is 18.2 Å². The van der Waals surface area contributed by atoms with Gasteiger partial charge in [0, 0.05) is 24.2 Å². The molecule has 0 fully saturated rings. The molecule has 2 aromatic heterocycles. The highest BCUT2D eigenvalue weighted by atomic mass is 14.9. The molecule has 4 heteroatoms. The minimum atomic E-state index is 0.360. The van der Waals surface area contributed by atoms with Crippen LogP contribution in [0.15, 0.2) is 36.8 Å². The van der Waals surface area contributed by atoms with Gasteiger partial charge in [-0.25, -0.2) is 9.97 Å². The average Bonchev–Trinajstić information content (AvgIpc) is 2.30. The molecule has 0 unspecified atom stereocenters. The molecule has 0 saturated heterocycles. The Hall–Kier alpha value is -1.81. The van der Waals surface area contributed by atoms with Gasteiger partial charge >= 0.3 is 0 Å². The second kappa shape index (κ2) is 3.93. The van der Waals surface area contributed by atoms with Crippen LogP contribution in [0.2, 0.25) is 0 Å². The highest BCUT2D eigenvalue weighted by Crippen LogP contribution is 2.14. The Balaban J connectivity index is 2.42. The van der Waals surface area contributed by atoms with E-state index >= 15 is 0 Å². The third kappa shape index (κ3) is 1.75. The van der Waals surface area contributed by atoms with Crippen LogP contribution < -0.4 is 5.73 Å². The Kier molecular flexibility index (Phi) is 2.46. The standard InChI is InChI=1S/C10H10N4/c11-7-10-13-6-3-9(14-10)8-1-4-12-5-2-8/h1-6H,7,11H2. The zero-order valence-corrected chi connectivity index (χ0v) is 7.59. The molecule has 0 amide bonds. The van der Waals surface area contributed by atoms with Gasteiger partial charge in [0.05, 0.1) is 12.2 Å². The number of hydrogen-bond acceptors (Lipinski definition) is 4. The predicted molar refractivity (Wildman–Crippen MR) is 53.2 cm³/mol. The van der Waals surface area contributed by atoms with Crippen molar-refractivity contribution in [2.45, 2.75) is 6.54 Å². The van der Waals surface area contributed by atoms with Crippen molar-refractivity contribution in [3.05, 3.63) is 42.6 Å². The van der Waals surface area contributed by atoms with E-state index in [-0.39, 0.29) is 0 Å². The van der Waals surface area contributed by atoms with E-state index in [0.717, 1.165) is 11.3 Å². The number of nitrogens with two attached hydrogens (primary N) is 1. The summed E-state index contributed by atoms with van der Waals surface area (Å²) < 4.78 is 0. The lowest BCUT2D eigenvalue weighted by Gasteiger charge is -2.01. The van der Waals surface area contributed by atoms with Gasteiger partial charge in [-0.3, -0.25) is 4.98 Å². The summed E-state index contributed by atoms with van der Waals surface area (Å²) >= 11 is 0. The smallest absolute Gasteiger partial charge is 0.142 e. The zero-order valence-electron chi connectivity index (χ0n) is 7.59. The molecule has 0 aliphatic heterocycles. The first kappa shape index (κ1) is 8.77. The summed E-state index contributed by atoms with van der Waals surface area (Å²) in [4.78, 5) is 12.3. The molecule has 0 aliphatic carbocycles. The van der Waals surface area contributed by atoms with Gasteiger partial charge in [0.2, 0.25) is 0 Å². The summed E-state index contributed by atoms with van der Waals surface area (Å²) in [5.41, 5.74) is 7.36. The van der Waals surface area contributed by atoms with Crippen LogP contribution in [-0.4, -0.2) is 15.0 Å². The van der Waals surface area contributed by atoms with Gasteiger partial charge in [0.25, 0.3) is 0 Å². The summed E-state index contributed by atoms with van der Waals surface area (Å²) in [6.07, 6.45) is 5.18. The van der Waals surface area contributed by atoms with Crippen molar-refractivity contribution >= 4 is 0 Å².